The SMILES string of the molecule is Cc1ccc(-c2nnc(SCC(=O)c3cccc(Br)c3)o2)cc1C. The Kier molecular flexibility index (Phi) is 5.16. The Labute approximate surface area is 152 Å². The lowest BCUT2D eigenvalue weighted by Gasteiger charge is -2.01. The second kappa shape index (κ2) is 7.32. The van der Waals surface area contributed by atoms with Gasteiger partial charge in [-0.25, -0.2) is 0 Å². The van der Waals surface area contributed by atoms with Crippen molar-refractivity contribution in [2.45, 2.75) is 19.1 Å². The second-order valence-corrected chi connectivity index (χ2v) is 7.24. The largest absolute Gasteiger partial charge is 0.411 e. The topological polar surface area (TPSA) is 56.0 Å². The molecule has 0 spiro atoms. The Hall–Kier alpha value is -1.92. The molecule has 0 saturated carbocycles. The maximum absolute atomic E-state index is 12.2. The van der Waals surface area contributed by atoms with E-state index in [1.54, 1.807) is 12.1 Å². The van der Waals surface area contributed by atoms with E-state index in [4.69, 9.17) is 4.42 Å². The molecular formula is C18H15BrN2O2S. The molecule has 3 rings (SSSR count). The highest BCUT2D eigenvalue weighted by molar-refractivity contribution is 9.10. The summed E-state index contributed by atoms with van der Waals surface area (Å²) < 4.78 is 6.54. The van der Waals surface area contributed by atoms with Gasteiger partial charge in [-0.3, -0.25) is 4.79 Å². The molecule has 2 aromatic carbocycles. The number of benzene rings is 2. The van der Waals surface area contributed by atoms with Gasteiger partial charge in [-0.1, -0.05) is 45.9 Å². The van der Waals surface area contributed by atoms with Crippen LogP contribution in [0.5, 0.6) is 0 Å². The van der Waals surface area contributed by atoms with Crippen molar-refractivity contribution in [1.82, 2.24) is 10.2 Å². The van der Waals surface area contributed by atoms with E-state index >= 15 is 0 Å². The molecule has 1 aromatic heterocycles. The van der Waals surface area contributed by atoms with Gasteiger partial charge in [0.1, 0.15) is 0 Å². The molecule has 4 nitrogen and oxygen atoms in total. The molecule has 0 bridgehead atoms. The molecule has 0 amide bonds. The fourth-order valence-electron chi connectivity index (χ4n) is 2.13. The van der Waals surface area contributed by atoms with Gasteiger partial charge >= 0.3 is 0 Å². The average molecular weight is 403 g/mol. The van der Waals surface area contributed by atoms with Gasteiger partial charge in [0.25, 0.3) is 5.22 Å². The van der Waals surface area contributed by atoms with E-state index in [2.05, 4.69) is 33.1 Å². The Balaban J connectivity index is 1.68. The van der Waals surface area contributed by atoms with Crippen molar-refractivity contribution in [3.05, 3.63) is 63.6 Å². The van der Waals surface area contributed by atoms with E-state index in [1.165, 1.54) is 22.9 Å². The number of thioether (sulfide) groups is 1. The van der Waals surface area contributed by atoms with Crippen molar-refractivity contribution in [3.8, 4) is 11.5 Å². The summed E-state index contributed by atoms with van der Waals surface area (Å²) in [6.45, 7) is 4.10. The summed E-state index contributed by atoms with van der Waals surface area (Å²) in [5.74, 6) is 0.744. The lowest BCUT2D eigenvalue weighted by molar-refractivity contribution is 0.102. The van der Waals surface area contributed by atoms with E-state index in [0.29, 0.717) is 16.7 Å². The highest BCUT2D eigenvalue weighted by Crippen LogP contribution is 2.25. The standard InChI is InChI=1S/C18H15BrN2O2S/c1-11-6-7-14(8-12(11)2)17-20-21-18(23-17)24-10-16(22)13-4-3-5-15(19)9-13/h3-9H,10H2,1-2H3. The highest BCUT2D eigenvalue weighted by atomic mass is 79.9. The van der Waals surface area contributed by atoms with Crippen LogP contribution in [0, 0.1) is 13.8 Å². The van der Waals surface area contributed by atoms with Crippen LogP contribution in [0.4, 0.5) is 0 Å². The van der Waals surface area contributed by atoms with Crippen LogP contribution < -0.4 is 0 Å². The zero-order chi connectivity index (χ0) is 17.1. The average Bonchev–Trinajstić information content (AvgIpc) is 3.04. The molecule has 0 aliphatic carbocycles. The summed E-state index contributed by atoms with van der Waals surface area (Å²) in [4.78, 5) is 12.2. The molecule has 0 saturated heterocycles. The number of hydrogen-bond donors (Lipinski definition) is 0. The first-order chi connectivity index (χ1) is 11.5. The van der Waals surface area contributed by atoms with E-state index < -0.39 is 0 Å². The fourth-order valence-corrected chi connectivity index (χ4v) is 3.19. The van der Waals surface area contributed by atoms with E-state index in [0.717, 1.165) is 10.0 Å². The molecule has 0 unspecified atom stereocenters. The van der Waals surface area contributed by atoms with Crippen LogP contribution in [0.2, 0.25) is 0 Å². The molecule has 24 heavy (non-hydrogen) atoms. The summed E-state index contributed by atoms with van der Waals surface area (Å²) in [7, 11) is 0. The van der Waals surface area contributed by atoms with Crippen LogP contribution in [0.15, 0.2) is 56.6 Å². The van der Waals surface area contributed by atoms with Crippen molar-refractivity contribution in [1.29, 1.82) is 0 Å². The predicted octanol–water partition coefficient (Wildman–Crippen LogP) is 5.09. The second-order valence-electron chi connectivity index (χ2n) is 5.39. The van der Waals surface area contributed by atoms with Crippen LogP contribution in [-0.2, 0) is 0 Å². The van der Waals surface area contributed by atoms with Crippen LogP contribution in [0.3, 0.4) is 0 Å². The van der Waals surface area contributed by atoms with Gasteiger partial charge in [0.15, 0.2) is 5.78 Å². The molecule has 122 valence electrons. The number of nitrogens with zero attached hydrogens (tertiary/aromatic N) is 2. The molecule has 0 aliphatic rings. The smallest absolute Gasteiger partial charge is 0.277 e. The normalized spacial score (nSPS) is 10.8. The molecule has 0 atom stereocenters. The van der Waals surface area contributed by atoms with Crippen molar-refractivity contribution in [3.63, 3.8) is 0 Å². The first kappa shape index (κ1) is 16.9. The molecule has 0 radical (unpaired) electrons. The monoisotopic (exact) mass is 402 g/mol. The summed E-state index contributed by atoms with van der Waals surface area (Å²) in [6, 6.07) is 13.3. The van der Waals surface area contributed by atoms with Crippen LogP contribution in [0.1, 0.15) is 21.5 Å². The molecule has 0 aliphatic heterocycles. The number of ketones is 1. The van der Waals surface area contributed by atoms with Crippen molar-refractivity contribution < 1.29 is 9.21 Å². The lowest BCUT2D eigenvalue weighted by Crippen LogP contribution is -2.02. The van der Waals surface area contributed by atoms with Crippen molar-refractivity contribution >= 4 is 33.5 Å². The van der Waals surface area contributed by atoms with Crippen LogP contribution in [0.25, 0.3) is 11.5 Å². The summed E-state index contributed by atoms with van der Waals surface area (Å²) in [6.07, 6.45) is 0. The maximum atomic E-state index is 12.2. The molecule has 0 N–H and O–H groups in total. The Morgan fingerprint density at radius 2 is 1.96 bits per heavy atom. The molecule has 1 heterocycles. The lowest BCUT2D eigenvalue weighted by atomic mass is 10.1. The third-order valence-electron chi connectivity index (χ3n) is 3.63. The molecule has 0 fully saturated rings. The fraction of sp³-hybridized carbons (Fsp3) is 0.167. The number of carbonyl (C=O) groups is 1. The summed E-state index contributed by atoms with van der Waals surface area (Å²) >= 11 is 4.61. The minimum Gasteiger partial charge on any atom is -0.411 e. The number of rotatable bonds is 5. The Morgan fingerprint density at radius 1 is 1.12 bits per heavy atom. The predicted molar refractivity (Wildman–Crippen MR) is 98.4 cm³/mol. The van der Waals surface area contributed by atoms with Gasteiger partial charge in [-0.2, -0.15) is 0 Å². The van der Waals surface area contributed by atoms with Crippen molar-refractivity contribution in [2.75, 3.05) is 5.75 Å². The quantitative estimate of drug-likeness (QED) is 0.439. The summed E-state index contributed by atoms with van der Waals surface area (Å²) in [5.41, 5.74) is 3.93. The minimum absolute atomic E-state index is 0.0206. The number of aromatic nitrogens is 2. The first-order valence-electron chi connectivity index (χ1n) is 7.35. The minimum atomic E-state index is 0.0206. The van der Waals surface area contributed by atoms with Gasteiger partial charge in [-0.05, 0) is 49.2 Å². The number of aryl methyl sites for hydroxylation is 2. The molecule has 3 aromatic rings. The Bertz CT molecular complexity index is 892. The van der Waals surface area contributed by atoms with E-state index in [-0.39, 0.29) is 11.5 Å². The first-order valence-corrected chi connectivity index (χ1v) is 9.13. The van der Waals surface area contributed by atoms with Crippen LogP contribution >= 0.6 is 27.7 Å². The third kappa shape index (κ3) is 3.94. The number of carbonyl (C=O) groups excluding carboxylic acids is 1. The van der Waals surface area contributed by atoms with Gasteiger partial charge in [0.2, 0.25) is 5.89 Å². The maximum Gasteiger partial charge on any atom is 0.277 e. The summed E-state index contributed by atoms with van der Waals surface area (Å²) in [5, 5.41) is 8.47. The number of Topliss-reactive ketones (excluding diaryl/α,β-unsaturated/α-hetero) is 1. The van der Waals surface area contributed by atoms with Gasteiger partial charge in [0, 0.05) is 15.6 Å². The van der Waals surface area contributed by atoms with Gasteiger partial charge in [-0.15, -0.1) is 10.2 Å². The zero-order valence-electron chi connectivity index (χ0n) is 13.2. The number of halogens is 1. The number of hydrogen-bond acceptors (Lipinski definition) is 5. The Morgan fingerprint density at radius 3 is 2.71 bits per heavy atom. The molecular weight excluding hydrogens is 388 g/mol. The third-order valence-corrected chi connectivity index (χ3v) is 4.95. The van der Waals surface area contributed by atoms with Crippen molar-refractivity contribution in [2.24, 2.45) is 0 Å². The zero-order valence-corrected chi connectivity index (χ0v) is 15.6. The van der Waals surface area contributed by atoms with E-state index in [1.807, 2.05) is 37.3 Å². The highest BCUT2D eigenvalue weighted by Gasteiger charge is 2.13. The molecule has 6 heteroatoms. The van der Waals surface area contributed by atoms with Crippen LogP contribution in [-0.4, -0.2) is 21.7 Å². The van der Waals surface area contributed by atoms with Gasteiger partial charge < -0.3 is 4.42 Å². The van der Waals surface area contributed by atoms with E-state index in [9.17, 15) is 4.79 Å². The van der Waals surface area contributed by atoms with Gasteiger partial charge in [0.05, 0.1) is 5.75 Å².